The molecular formula is C13H17F2N. The van der Waals surface area contributed by atoms with Gasteiger partial charge in [0.25, 0.3) is 0 Å². The fourth-order valence-electron chi connectivity index (χ4n) is 2.23. The van der Waals surface area contributed by atoms with Gasteiger partial charge in [-0.1, -0.05) is 19.4 Å². The molecule has 1 aliphatic rings. The van der Waals surface area contributed by atoms with E-state index in [1.54, 1.807) is 0 Å². The first-order valence-corrected chi connectivity index (χ1v) is 5.83. The van der Waals surface area contributed by atoms with Gasteiger partial charge in [0, 0.05) is 17.6 Å². The van der Waals surface area contributed by atoms with E-state index in [0.717, 1.165) is 12.8 Å². The summed E-state index contributed by atoms with van der Waals surface area (Å²) in [6.45, 7) is 3.95. The summed E-state index contributed by atoms with van der Waals surface area (Å²) in [5, 5.41) is 3.27. The molecule has 1 aliphatic carbocycles. The summed E-state index contributed by atoms with van der Waals surface area (Å²) < 4.78 is 26.9. The van der Waals surface area contributed by atoms with E-state index >= 15 is 0 Å². The first kappa shape index (κ1) is 11.5. The number of hydrogen-bond acceptors (Lipinski definition) is 1. The summed E-state index contributed by atoms with van der Waals surface area (Å²) in [7, 11) is 0. The Balaban J connectivity index is 2.06. The fraction of sp³-hybridized carbons (Fsp3) is 0.538. The van der Waals surface area contributed by atoms with Crippen LogP contribution in [0.3, 0.4) is 0 Å². The minimum Gasteiger partial charge on any atom is -0.307 e. The molecule has 1 saturated carbocycles. The van der Waals surface area contributed by atoms with Crippen LogP contribution in [0.5, 0.6) is 0 Å². The van der Waals surface area contributed by atoms with Crippen LogP contribution in [0.4, 0.5) is 8.78 Å². The van der Waals surface area contributed by atoms with E-state index in [4.69, 9.17) is 0 Å². The van der Waals surface area contributed by atoms with E-state index in [-0.39, 0.29) is 11.6 Å². The van der Waals surface area contributed by atoms with Gasteiger partial charge in [0.2, 0.25) is 0 Å². The number of hydrogen-bond donors (Lipinski definition) is 1. The second-order valence-electron chi connectivity index (χ2n) is 4.53. The predicted molar refractivity (Wildman–Crippen MR) is 60.1 cm³/mol. The molecule has 1 fully saturated rings. The zero-order valence-electron chi connectivity index (χ0n) is 9.63. The van der Waals surface area contributed by atoms with Crippen molar-refractivity contribution in [3.63, 3.8) is 0 Å². The molecule has 88 valence electrons. The molecule has 1 aromatic rings. The molecule has 0 amide bonds. The summed E-state index contributed by atoms with van der Waals surface area (Å²) in [6, 6.07) is 4.18. The van der Waals surface area contributed by atoms with Crippen molar-refractivity contribution in [2.45, 2.75) is 38.8 Å². The van der Waals surface area contributed by atoms with Gasteiger partial charge in [0.05, 0.1) is 0 Å². The van der Waals surface area contributed by atoms with Crippen LogP contribution in [0.1, 0.15) is 38.3 Å². The molecular weight excluding hydrogens is 208 g/mol. The van der Waals surface area contributed by atoms with Crippen molar-refractivity contribution in [3.05, 3.63) is 35.4 Å². The van der Waals surface area contributed by atoms with E-state index < -0.39 is 11.6 Å². The maximum absolute atomic E-state index is 13.5. The minimum atomic E-state index is -0.464. The quantitative estimate of drug-likeness (QED) is 0.828. The minimum absolute atomic E-state index is 0.157. The van der Waals surface area contributed by atoms with Crippen LogP contribution >= 0.6 is 0 Å². The number of halogens is 2. The molecule has 16 heavy (non-hydrogen) atoms. The Morgan fingerprint density at radius 1 is 1.38 bits per heavy atom. The van der Waals surface area contributed by atoms with Crippen LogP contribution in [0.2, 0.25) is 0 Å². The van der Waals surface area contributed by atoms with Crippen LogP contribution in [0.15, 0.2) is 18.2 Å². The van der Waals surface area contributed by atoms with Crippen molar-refractivity contribution in [1.82, 2.24) is 5.32 Å². The zero-order chi connectivity index (χ0) is 11.7. The Kier molecular flexibility index (Phi) is 3.24. The van der Waals surface area contributed by atoms with Crippen molar-refractivity contribution in [3.8, 4) is 0 Å². The summed E-state index contributed by atoms with van der Waals surface area (Å²) in [5.41, 5.74) is 0.157. The summed E-state index contributed by atoms with van der Waals surface area (Å²) in [5.74, 6) is -0.250. The Hall–Kier alpha value is -0.960. The predicted octanol–water partition coefficient (Wildman–Crippen LogP) is 3.41. The highest BCUT2D eigenvalue weighted by atomic mass is 19.1. The first-order valence-electron chi connectivity index (χ1n) is 5.83. The maximum Gasteiger partial charge on any atom is 0.130 e. The van der Waals surface area contributed by atoms with E-state index in [0.29, 0.717) is 12.0 Å². The number of nitrogens with one attached hydrogen (secondary N) is 1. The SMILES string of the molecule is CCC1CC1NC(C)c1c(F)cccc1F. The topological polar surface area (TPSA) is 12.0 Å². The van der Waals surface area contributed by atoms with Gasteiger partial charge in [-0.15, -0.1) is 0 Å². The molecule has 2 rings (SSSR count). The van der Waals surface area contributed by atoms with Crippen LogP contribution < -0.4 is 5.32 Å². The van der Waals surface area contributed by atoms with E-state index in [9.17, 15) is 8.78 Å². The Morgan fingerprint density at radius 3 is 2.50 bits per heavy atom. The molecule has 0 aromatic heterocycles. The third-order valence-electron chi connectivity index (χ3n) is 3.34. The molecule has 3 atom stereocenters. The van der Waals surface area contributed by atoms with Crippen LogP contribution in [0, 0.1) is 17.6 Å². The monoisotopic (exact) mass is 225 g/mol. The lowest BCUT2D eigenvalue weighted by Crippen LogP contribution is -2.24. The average molecular weight is 225 g/mol. The molecule has 0 bridgehead atoms. The standard InChI is InChI=1S/C13H17F2N/c1-3-9-7-12(9)16-8(2)13-10(14)5-4-6-11(13)15/h4-6,8-9,12,16H,3,7H2,1-2H3. The first-order chi connectivity index (χ1) is 7.63. The van der Waals surface area contributed by atoms with Gasteiger partial charge in [-0.05, 0) is 31.4 Å². The second kappa shape index (κ2) is 4.50. The molecule has 0 heterocycles. The third kappa shape index (κ3) is 2.24. The fourth-order valence-corrected chi connectivity index (χ4v) is 2.23. The summed E-state index contributed by atoms with van der Waals surface area (Å²) in [6.07, 6.45) is 2.25. The highest BCUT2D eigenvalue weighted by Crippen LogP contribution is 2.35. The van der Waals surface area contributed by atoms with Gasteiger partial charge in [-0.3, -0.25) is 0 Å². The smallest absolute Gasteiger partial charge is 0.130 e. The van der Waals surface area contributed by atoms with E-state index in [2.05, 4.69) is 12.2 Å². The van der Waals surface area contributed by atoms with Crippen molar-refractivity contribution in [1.29, 1.82) is 0 Å². The molecule has 3 heteroatoms. The number of benzene rings is 1. The Bertz CT molecular complexity index is 358. The van der Waals surface area contributed by atoms with Gasteiger partial charge in [0.1, 0.15) is 11.6 Å². The Labute approximate surface area is 94.9 Å². The van der Waals surface area contributed by atoms with Gasteiger partial charge < -0.3 is 5.32 Å². The van der Waals surface area contributed by atoms with Gasteiger partial charge in [-0.25, -0.2) is 8.78 Å². The molecule has 3 unspecified atom stereocenters. The van der Waals surface area contributed by atoms with Crippen LogP contribution in [0.25, 0.3) is 0 Å². The van der Waals surface area contributed by atoms with Gasteiger partial charge in [-0.2, -0.15) is 0 Å². The Morgan fingerprint density at radius 2 is 2.00 bits per heavy atom. The van der Waals surface area contributed by atoms with Crippen molar-refractivity contribution in [2.75, 3.05) is 0 Å². The molecule has 0 saturated heterocycles. The second-order valence-corrected chi connectivity index (χ2v) is 4.53. The van der Waals surface area contributed by atoms with E-state index in [1.165, 1.54) is 18.2 Å². The molecule has 0 aliphatic heterocycles. The lowest BCUT2D eigenvalue weighted by molar-refractivity contribution is 0.475. The highest BCUT2D eigenvalue weighted by Gasteiger charge is 2.36. The summed E-state index contributed by atoms with van der Waals surface area (Å²) >= 11 is 0. The van der Waals surface area contributed by atoms with E-state index in [1.807, 2.05) is 6.92 Å². The van der Waals surface area contributed by atoms with Gasteiger partial charge >= 0.3 is 0 Å². The summed E-state index contributed by atoms with van der Waals surface area (Å²) in [4.78, 5) is 0. The van der Waals surface area contributed by atoms with Crippen LogP contribution in [-0.4, -0.2) is 6.04 Å². The van der Waals surface area contributed by atoms with Gasteiger partial charge in [0.15, 0.2) is 0 Å². The molecule has 1 nitrogen and oxygen atoms in total. The highest BCUT2D eigenvalue weighted by molar-refractivity contribution is 5.23. The molecule has 1 N–H and O–H groups in total. The largest absolute Gasteiger partial charge is 0.307 e. The normalized spacial score (nSPS) is 25.5. The van der Waals surface area contributed by atoms with Crippen LogP contribution in [-0.2, 0) is 0 Å². The van der Waals surface area contributed by atoms with Crippen molar-refractivity contribution in [2.24, 2.45) is 5.92 Å². The van der Waals surface area contributed by atoms with Crippen molar-refractivity contribution < 1.29 is 8.78 Å². The lowest BCUT2D eigenvalue weighted by Gasteiger charge is -2.15. The third-order valence-corrected chi connectivity index (χ3v) is 3.34. The lowest BCUT2D eigenvalue weighted by atomic mass is 10.1. The number of rotatable bonds is 4. The zero-order valence-corrected chi connectivity index (χ0v) is 9.63. The average Bonchev–Trinajstić information content (AvgIpc) is 2.96. The van der Waals surface area contributed by atoms with Crippen molar-refractivity contribution >= 4 is 0 Å². The maximum atomic E-state index is 13.5. The molecule has 0 spiro atoms. The molecule has 0 radical (unpaired) electrons. The molecule has 1 aromatic carbocycles.